The molecule has 0 N–H and O–H groups in total. The van der Waals surface area contributed by atoms with E-state index in [1.807, 2.05) is 24.3 Å². The standard InChI is InChI=1S/C67H47N5/c1-42-22-32-63-55(36-42)56-37-43(2)23-33-64(56)72(63)51-30-35-66-58(40-51)57-39-50(71-61-20-12-10-18-53(61)54-19-11-13-21-62(54)71)29-34-65(57)70(66)49-28-31-52(44(3)38-49)45-24-26-47(27-25-45)60-41-59(46-14-6-4-7-15-46)68-67(69-60)48-16-8-5-9-17-48/h4-41H,1-3H3. The van der Waals surface area contributed by atoms with Crippen LogP contribution in [0.25, 0.3) is 128 Å². The van der Waals surface area contributed by atoms with Crippen LogP contribution in [-0.4, -0.2) is 23.7 Å². The van der Waals surface area contributed by atoms with E-state index >= 15 is 0 Å². The average molecular weight is 922 g/mol. The molecular weight excluding hydrogens is 875 g/mol. The van der Waals surface area contributed by atoms with Crippen molar-refractivity contribution >= 4 is 65.4 Å². The van der Waals surface area contributed by atoms with Crippen molar-refractivity contribution in [3.63, 3.8) is 0 Å². The molecule has 0 atom stereocenters. The Bertz CT molecular complexity index is 4290. The van der Waals surface area contributed by atoms with E-state index in [9.17, 15) is 0 Å². The highest BCUT2D eigenvalue weighted by atomic mass is 15.0. The van der Waals surface area contributed by atoms with Crippen molar-refractivity contribution in [3.05, 3.63) is 247 Å². The van der Waals surface area contributed by atoms with Gasteiger partial charge in [-0.1, -0.05) is 151 Å². The summed E-state index contributed by atoms with van der Waals surface area (Å²) >= 11 is 0. The van der Waals surface area contributed by atoms with Gasteiger partial charge in [-0.15, -0.1) is 0 Å². The lowest BCUT2D eigenvalue weighted by molar-refractivity contribution is 1.15. The monoisotopic (exact) mass is 921 g/mol. The Morgan fingerprint density at radius 1 is 0.278 bits per heavy atom. The summed E-state index contributed by atoms with van der Waals surface area (Å²) in [6, 6.07) is 83.7. The Morgan fingerprint density at radius 2 is 0.667 bits per heavy atom. The average Bonchev–Trinajstić information content (AvgIpc) is 4.06. The molecule has 0 aliphatic heterocycles. The van der Waals surface area contributed by atoms with Crippen molar-refractivity contribution < 1.29 is 0 Å². The highest BCUT2D eigenvalue weighted by Crippen LogP contribution is 2.41. The number of aryl methyl sites for hydroxylation is 3. The number of benzene rings is 10. The summed E-state index contributed by atoms with van der Waals surface area (Å²) in [5, 5.41) is 7.46. The zero-order valence-electron chi connectivity index (χ0n) is 40.2. The van der Waals surface area contributed by atoms with Crippen LogP contribution in [-0.2, 0) is 0 Å². The van der Waals surface area contributed by atoms with Gasteiger partial charge < -0.3 is 13.7 Å². The molecule has 340 valence electrons. The van der Waals surface area contributed by atoms with E-state index < -0.39 is 0 Å². The second-order valence-corrected chi connectivity index (χ2v) is 19.3. The van der Waals surface area contributed by atoms with Crippen LogP contribution in [0.2, 0.25) is 0 Å². The van der Waals surface area contributed by atoms with Crippen molar-refractivity contribution in [2.24, 2.45) is 0 Å². The maximum absolute atomic E-state index is 5.09. The summed E-state index contributed by atoms with van der Waals surface area (Å²) in [5.41, 5.74) is 21.5. The van der Waals surface area contributed by atoms with Crippen molar-refractivity contribution in [3.8, 4) is 62.1 Å². The number of rotatable bonds is 7. The fraction of sp³-hybridized carbons (Fsp3) is 0.0448. The predicted molar refractivity (Wildman–Crippen MR) is 301 cm³/mol. The summed E-state index contributed by atoms with van der Waals surface area (Å²) in [4.78, 5) is 10.1. The third-order valence-electron chi connectivity index (χ3n) is 14.7. The minimum atomic E-state index is 0.712. The lowest BCUT2D eigenvalue weighted by Crippen LogP contribution is -1.97. The summed E-state index contributed by atoms with van der Waals surface area (Å²) < 4.78 is 7.32. The third kappa shape index (κ3) is 6.69. The van der Waals surface area contributed by atoms with E-state index in [1.54, 1.807) is 0 Å². The largest absolute Gasteiger partial charge is 0.309 e. The van der Waals surface area contributed by atoms with Gasteiger partial charge in [-0.25, -0.2) is 9.97 Å². The van der Waals surface area contributed by atoms with Gasteiger partial charge in [-0.2, -0.15) is 0 Å². The second kappa shape index (κ2) is 16.4. The minimum Gasteiger partial charge on any atom is -0.309 e. The van der Waals surface area contributed by atoms with E-state index in [0.717, 1.165) is 61.7 Å². The van der Waals surface area contributed by atoms with E-state index in [1.165, 1.54) is 76.6 Å². The first-order chi connectivity index (χ1) is 35.4. The molecule has 14 rings (SSSR count). The van der Waals surface area contributed by atoms with E-state index in [4.69, 9.17) is 9.97 Å². The van der Waals surface area contributed by atoms with Crippen LogP contribution in [0.4, 0.5) is 0 Å². The molecule has 0 unspecified atom stereocenters. The van der Waals surface area contributed by atoms with Gasteiger partial charge in [0.15, 0.2) is 5.82 Å². The van der Waals surface area contributed by atoms with Gasteiger partial charge in [0.1, 0.15) is 0 Å². The molecule has 4 aromatic heterocycles. The zero-order chi connectivity index (χ0) is 48.0. The number of fused-ring (bicyclic) bond motifs is 9. The fourth-order valence-corrected chi connectivity index (χ4v) is 11.3. The number of aromatic nitrogens is 5. The molecule has 0 saturated carbocycles. The highest BCUT2D eigenvalue weighted by Gasteiger charge is 2.20. The fourth-order valence-electron chi connectivity index (χ4n) is 11.3. The van der Waals surface area contributed by atoms with Crippen LogP contribution < -0.4 is 0 Å². The van der Waals surface area contributed by atoms with E-state index in [0.29, 0.717) is 5.82 Å². The molecule has 5 nitrogen and oxygen atoms in total. The minimum absolute atomic E-state index is 0.712. The van der Waals surface area contributed by atoms with Crippen molar-refractivity contribution in [2.75, 3.05) is 0 Å². The quantitative estimate of drug-likeness (QED) is 0.160. The smallest absolute Gasteiger partial charge is 0.160 e. The summed E-state index contributed by atoms with van der Waals surface area (Å²) in [6.45, 7) is 6.60. The van der Waals surface area contributed by atoms with Gasteiger partial charge in [0.2, 0.25) is 0 Å². The lowest BCUT2D eigenvalue weighted by Gasteiger charge is -2.14. The van der Waals surface area contributed by atoms with Gasteiger partial charge in [-0.05, 0) is 128 Å². The molecule has 14 aromatic rings. The Balaban J connectivity index is 0.910. The normalized spacial score (nSPS) is 11.8. The third-order valence-corrected chi connectivity index (χ3v) is 14.7. The molecule has 0 fully saturated rings. The van der Waals surface area contributed by atoms with Crippen LogP contribution in [0.5, 0.6) is 0 Å². The zero-order valence-corrected chi connectivity index (χ0v) is 40.2. The van der Waals surface area contributed by atoms with Crippen LogP contribution in [0.3, 0.4) is 0 Å². The molecule has 0 bridgehead atoms. The molecule has 0 radical (unpaired) electrons. The summed E-state index contributed by atoms with van der Waals surface area (Å²) in [7, 11) is 0. The summed E-state index contributed by atoms with van der Waals surface area (Å²) in [6.07, 6.45) is 0. The van der Waals surface area contributed by atoms with Gasteiger partial charge in [0.05, 0.1) is 44.5 Å². The van der Waals surface area contributed by atoms with Crippen LogP contribution in [0.15, 0.2) is 231 Å². The first kappa shape index (κ1) is 41.6. The molecule has 0 amide bonds. The molecule has 4 heterocycles. The van der Waals surface area contributed by atoms with Crippen LogP contribution in [0, 0.1) is 20.8 Å². The molecule has 5 heteroatoms. The van der Waals surface area contributed by atoms with Gasteiger partial charge in [0, 0.05) is 66.1 Å². The van der Waals surface area contributed by atoms with E-state index in [-0.39, 0.29) is 0 Å². The SMILES string of the molecule is Cc1ccc2c(c1)c1cc(C)ccc1n2-c1ccc2c(c1)c1cc(-n3c4ccccc4c4ccccc43)ccc1n2-c1ccc(-c2ccc(-c3cc(-c4ccccc4)nc(-c4ccccc4)n3)cc2)c(C)c1. The Hall–Kier alpha value is -9.32. The Kier molecular flexibility index (Phi) is 9.48. The van der Waals surface area contributed by atoms with Gasteiger partial charge in [0.25, 0.3) is 0 Å². The topological polar surface area (TPSA) is 40.6 Å². The summed E-state index contributed by atoms with van der Waals surface area (Å²) in [5.74, 6) is 0.712. The molecule has 10 aromatic carbocycles. The predicted octanol–water partition coefficient (Wildman–Crippen LogP) is 17.4. The molecular formula is C67H47N5. The van der Waals surface area contributed by atoms with Crippen LogP contribution in [0.1, 0.15) is 16.7 Å². The maximum atomic E-state index is 5.09. The Morgan fingerprint density at radius 3 is 1.18 bits per heavy atom. The van der Waals surface area contributed by atoms with Gasteiger partial charge in [-0.3, -0.25) is 0 Å². The van der Waals surface area contributed by atoms with Crippen molar-refractivity contribution in [2.45, 2.75) is 20.8 Å². The lowest BCUT2D eigenvalue weighted by atomic mass is 9.98. The molecule has 0 saturated heterocycles. The highest BCUT2D eigenvalue weighted by molar-refractivity contribution is 6.14. The second-order valence-electron chi connectivity index (χ2n) is 19.3. The molecule has 0 aliphatic rings. The number of hydrogen-bond acceptors (Lipinski definition) is 2. The number of hydrogen-bond donors (Lipinski definition) is 0. The van der Waals surface area contributed by atoms with Crippen molar-refractivity contribution in [1.82, 2.24) is 23.7 Å². The molecule has 72 heavy (non-hydrogen) atoms. The maximum Gasteiger partial charge on any atom is 0.160 e. The van der Waals surface area contributed by atoms with E-state index in [2.05, 4.69) is 241 Å². The first-order valence-electron chi connectivity index (χ1n) is 24.7. The number of nitrogens with zero attached hydrogens (tertiary/aromatic N) is 5. The van der Waals surface area contributed by atoms with Crippen molar-refractivity contribution in [1.29, 1.82) is 0 Å². The number of para-hydroxylation sites is 2. The molecule has 0 spiro atoms. The van der Waals surface area contributed by atoms with Gasteiger partial charge >= 0.3 is 0 Å². The van der Waals surface area contributed by atoms with Crippen LogP contribution >= 0.6 is 0 Å². The first-order valence-corrected chi connectivity index (χ1v) is 24.7. The molecule has 0 aliphatic carbocycles. The Labute approximate surface area is 417 Å².